The molecule has 108 valence electrons. The number of nitrogen functional groups attached to an aromatic ring is 2. The molecule has 4 nitrogen and oxygen atoms in total. The highest BCUT2D eigenvalue weighted by Gasteiger charge is 2.15. The van der Waals surface area contributed by atoms with Gasteiger partial charge in [-0.3, -0.25) is 0 Å². The van der Waals surface area contributed by atoms with Gasteiger partial charge in [-0.05, 0) is 60.5 Å². The Balaban J connectivity index is 1.61. The first kappa shape index (κ1) is 14.5. The van der Waals surface area contributed by atoms with Gasteiger partial charge < -0.3 is 11.5 Å². The van der Waals surface area contributed by atoms with Crippen molar-refractivity contribution in [1.82, 2.24) is 9.25 Å². The highest BCUT2D eigenvalue weighted by Crippen LogP contribution is 2.39. The van der Waals surface area contributed by atoms with Gasteiger partial charge in [-0.2, -0.15) is 4.83 Å². The van der Waals surface area contributed by atoms with E-state index >= 15 is 0 Å². The Morgan fingerprint density at radius 2 is 1.43 bits per heavy atom. The van der Waals surface area contributed by atoms with Crippen LogP contribution in [0.5, 0.6) is 0 Å². The Kier molecular flexibility index (Phi) is 4.54. The fourth-order valence-corrected chi connectivity index (χ4v) is 4.28. The molecule has 21 heavy (non-hydrogen) atoms. The second-order valence-corrected chi connectivity index (χ2v) is 7.55. The molecule has 0 fully saturated rings. The number of nitrogens with two attached hydrogens (primary N) is 2. The van der Waals surface area contributed by atoms with Crippen molar-refractivity contribution in [3.63, 3.8) is 0 Å². The molecule has 0 bridgehead atoms. The number of hydrogen-bond donors (Lipinski definition) is 3. The highest BCUT2D eigenvalue weighted by molar-refractivity contribution is 8.21. The molecule has 5 N–H and O–H groups in total. The molecule has 0 aliphatic carbocycles. The molecule has 2 aromatic carbocycles. The topological polar surface area (TPSA) is 67.3 Å². The number of hydrazine groups is 1. The van der Waals surface area contributed by atoms with Crippen LogP contribution >= 0.6 is 35.7 Å². The van der Waals surface area contributed by atoms with E-state index in [4.69, 9.17) is 11.5 Å². The molecule has 0 saturated carbocycles. The summed E-state index contributed by atoms with van der Waals surface area (Å²) in [6.07, 6.45) is 2.08. The van der Waals surface area contributed by atoms with Crippen molar-refractivity contribution in [1.29, 1.82) is 0 Å². The van der Waals surface area contributed by atoms with Crippen LogP contribution in [0.15, 0.2) is 68.8 Å². The first-order valence-corrected chi connectivity index (χ1v) is 8.60. The van der Waals surface area contributed by atoms with Gasteiger partial charge in [0.05, 0.1) is 10.4 Å². The SMILES string of the molecule is Nc1ccc(SC2=CN(Sc3ccc(N)cc3)NS2)cc1. The fraction of sp³-hybridized carbons (Fsp3) is 0. The summed E-state index contributed by atoms with van der Waals surface area (Å²) in [5, 5.41) is 0. The Morgan fingerprint density at radius 3 is 2.05 bits per heavy atom. The van der Waals surface area contributed by atoms with Gasteiger partial charge in [0.15, 0.2) is 0 Å². The maximum atomic E-state index is 5.69. The third-order valence-corrected chi connectivity index (χ3v) is 5.54. The van der Waals surface area contributed by atoms with Gasteiger partial charge in [-0.25, -0.2) is 4.41 Å². The van der Waals surface area contributed by atoms with Crippen molar-refractivity contribution in [2.24, 2.45) is 0 Å². The van der Waals surface area contributed by atoms with E-state index in [2.05, 4.69) is 11.0 Å². The number of benzene rings is 2. The first-order chi connectivity index (χ1) is 10.2. The van der Waals surface area contributed by atoms with E-state index in [0.717, 1.165) is 16.3 Å². The molecular formula is C14H14N4S3. The van der Waals surface area contributed by atoms with E-state index in [9.17, 15) is 0 Å². The van der Waals surface area contributed by atoms with Gasteiger partial charge >= 0.3 is 0 Å². The summed E-state index contributed by atoms with van der Waals surface area (Å²) in [4.78, 5) is 5.55. The van der Waals surface area contributed by atoms with Crippen molar-refractivity contribution in [2.75, 3.05) is 11.5 Å². The lowest BCUT2D eigenvalue weighted by Gasteiger charge is -2.12. The Bertz CT molecular complexity index is 640. The molecule has 7 heteroatoms. The van der Waals surface area contributed by atoms with E-state index < -0.39 is 0 Å². The van der Waals surface area contributed by atoms with Crippen LogP contribution < -0.4 is 16.3 Å². The highest BCUT2D eigenvalue weighted by atomic mass is 32.2. The summed E-state index contributed by atoms with van der Waals surface area (Å²) in [6.45, 7) is 0. The Morgan fingerprint density at radius 1 is 0.857 bits per heavy atom. The number of nitrogens with one attached hydrogen (secondary N) is 1. The normalized spacial score (nSPS) is 14.3. The van der Waals surface area contributed by atoms with Crippen LogP contribution in [-0.2, 0) is 0 Å². The lowest BCUT2D eigenvalue weighted by molar-refractivity contribution is 0.619. The van der Waals surface area contributed by atoms with Crippen molar-refractivity contribution in [3.8, 4) is 0 Å². The number of nitrogens with zero attached hydrogens (tertiary/aromatic N) is 1. The molecule has 1 aliphatic rings. The van der Waals surface area contributed by atoms with E-state index in [-0.39, 0.29) is 0 Å². The largest absolute Gasteiger partial charge is 0.399 e. The second-order valence-electron chi connectivity index (χ2n) is 4.30. The lowest BCUT2D eigenvalue weighted by Crippen LogP contribution is -2.14. The molecule has 1 heterocycles. The minimum absolute atomic E-state index is 0.776. The summed E-state index contributed by atoms with van der Waals surface area (Å²) in [7, 11) is 0. The fourth-order valence-electron chi connectivity index (χ4n) is 1.62. The third-order valence-electron chi connectivity index (χ3n) is 2.64. The van der Waals surface area contributed by atoms with E-state index in [1.807, 2.05) is 52.9 Å². The second kappa shape index (κ2) is 6.57. The Labute approximate surface area is 136 Å². The zero-order chi connectivity index (χ0) is 14.7. The van der Waals surface area contributed by atoms with E-state index in [1.54, 1.807) is 35.7 Å². The van der Waals surface area contributed by atoms with Gasteiger partial charge in [-0.1, -0.05) is 11.8 Å². The molecule has 0 spiro atoms. The summed E-state index contributed by atoms with van der Waals surface area (Å²) >= 11 is 4.92. The van der Waals surface area contributed by atoms with Gasteiger partial charge in [0.25, 0.3) is 0 Å². The molecule has 0 atom stereocenters. The minimum Gasteiger partial charge on any atom is -0.399 e. The van der Waals surface area contributed by atoms with Crippen molar-refractivity contribution >= 4 is 47.0 Å². The maximum Gasteiger partial charge on any atom is 0.0806 e. The molecule has 0 aromatic heterocycles. The van der Waals surface area contributed by atoms with Crippen LogP contribution in [0.1, 0.15) is 0 Å². The van der Waals surface area contributed by atoms with Gasteiger partial charge in [0, 0.05) is 33.1 Å². The minimum atomic E-state index is 0.776. The average molecular weight is 334 g/mol. The molecule has 0 unspecified atom stereocenters. The smallest absolute Gasteiger partial charge is 0.0806 e. The predicted molar refractivity (Wildman–Crippen MR) is 94.1 cm³/mol. The Hall–Kier alpha value is -1.41. The van der Waals surface area contributed by atoms with Crippen LogP contribution in [0, 0.1) is 0 Å². The standard InChI is InChI=1S/C14H14N4S3/c15-10-1-5-12(6-2-10)19-14-9-18(17-20-14)21-13-7-3-11(16)4-8-13/h1-9,17H,15-16H2. The van der Waals surface area contributed by atoms with Crippen LogP contribution in [-0.4, -0.2) is 4.41 Å². The van der Waals surface area contributed by atoms with Crippen LogP contribution in [0.3, 0.4) is 0 Å². The van der Waals surface area contributed by atoms with Gasteiger partial charge in [-0.15, -0.1) is 0 Å². The summed E-state index contributed by atoms with van der Waals surface area (Å²) in [5.74, 6) is 0. The predicted octanol–water partition coefficient (Wildman–Crippen LogP) is 3.92. The summed E-state index contributed by atoms with van der Waals surface area (Å²) < 4.78 is 3.17. The number of thioether (sulfide) groups is 1. The molecule has 0 amide bonds. The van der Waals surface area contributed by atoms with Crippen molar-refractivity contribution < 1.29 is 0 Å². The molecule has 3 rings (SSSR count). The molecule has 2 aromatic rings. The lowest BCUT2D eigenvalue weighted by atomic mass is 10.3. The van der Waals surface area contributed by atoms with Crippen LogP contribution in [0.2, 0.25) is 0 Å². The van der Waals surface area contributed by atoms with Crippen molar-refractivity contribution in [3.05, 3.63) is 59.0 Å². The van der Waals surface area contributed by atoms with Crippen molar-refractivity contribution in [2.45, 2.75) is 9.79 Å². The summed E-state index contributed by atoms with van der Waals surface area (Å²) in [6, 6.07) is 15.7. The molecule has 0 radical (unpaired) electrons. The first-order valence-electron chi connectivity index (χ1n) is 6.19. The maximum absolute atomic E-state index is 5.69. The van der Waals surface area contributed by atoms with E-state index in [0.29, 0.717) is 0 Å². The third kappa shape index (κ3) is 4.04. The number of hydrogen-bond acceptors (Lipinski definition) is 7. The molecule has 1 aliphatic heterocycles. The zero-order valence-electron chi connectivity index (χ0n) is 11.0. The number of rotatable bonds is 4. The van der Waals surface area contributed by atoms with Crippen LogP contribution in [0.4, 0.5) is 11.4 Å². The average Bonchev–Trinajstić information content (AvgIpc) is 2.91. The van der Waals surface area contributed by atoms with Gasteiger partial charge in [0.2, 0.25) is 0 Å². The van der Waals surface area contributed by atoms with Gasteiger partial charge in [0.1, 0.15) is 0 Å². The molecular weight excluding hydrogens is 320 g/mol. The number of anilines is 2. The summed E-state index contributed by atoms with van der Waals surface area (Å²) in [5.41, 5.74) is 12.9. The quantitative estimate of drug-likeness (QED) is 0.578. The molecule has 0 saturated heterocycles. The van der Waals surface area contributed by atoms with Crippen LogP contribution in [0.25, 0.3) is 0 Å². The zero-order valence-corrected chi connectivity index (χ0v) is 13.5. The van der Waals surface area contributed by atoms with E-state index in [1.165, 1.54) is 9.13 Å². The monoisotopic (exact) mass is 334 g/mol.